The highest BCUT2D eigenvalue weighted by molar-refractivity contribution is 6.34. The molecule has 0 bridgehead atoms. The molecular weight excluding hydrogens is 312 g/mol. The van der Waals surface area contributed by atoms with Gasteiger partial charge in [0, 0.05) is 18.0 Å². The highest BCUT2D eigenvalue weighted by Crippen LogP contribution is 2.41. The van der Waals surface area contributed by atoms with Crippen LogP contribution in [-0.2, 0) is 0 Å². The molecule has 0 amide bonds. The summed E-state index contributed by atoms with van der Waals surface area (Å²) < 4.78 is 28.8. The zero-order valence-corrected chi connectivity index (χ0v) is 12.1. The van der Waals surface area contributed by atoms with Crippen LogP contribution in [0.3, 0.4) is 0 Å². The van der Waals surface area contributed by atoms with Crippen molar-refractivity contribution in [3.05, 3.63) is 47.2 Å². The molecule has 2 aromatic carbocycles. The van der Waals surface area contributed by atoms with Crippen LogP contribution in [0.4, 0.5) is 14.6 Å². The predicted molar refractivity (Wildman–Crippen MR) is 81.1 cm³/mol. The summed E-state index contributed by atoms with van der Waals surface area (Å²) in [4.78, 5) is 7.86. The van der Waals surface area contributed by atoms with Crippen LogP contribution >= 0.6 is 11.6 Å². The second-order valence-electron chi connectivity index (χ2n) is 4.55. The Morgan fingerprint density at radius 1 is 1.18 bits per heavy atom. The first-order valence-electron chi connectivity index (χ1n) is 6.33. The Morgan fingerprint density at radius 3 is 2.64 bits per heavy atom. The van der Waals surface area contributed by atoms with Gasteiger partial charge in [0.2, 0.25) is 0 Å². The summed E-state index contributed by atoms with van der Waals surface area (Å²) >= 11 is 6.11. The third-order valence-corrected chi connectivity index (χ3v) is 3.60. The number of phenols is 1. The molecule has 0 aliphatic rings. The van der Waals surface area contributed by atoms with Crippen molar-refractivity contribution in [2.75, 3.05) is 12.4 Å². The van der Waals surface area contributed by atoms with Gasteiger partial charge in [0.15, 0.2) is 5.82 Å². The minimum Gasteiger partial charge on any atom is -0.507 e. The third kappa shape index (κ3) is 2.12. The van der Waals surface area contributed by atoms with Gasteiger partial charge in [-0.3, -0.25) is 0 Å². The molecule has 112 valence electrons. The van der Waals surface area contributed by atoms with Crippen molar-refractivity contribution in [3.63, 3.8) is 0 Å². The van der Waals surface area contributed by atoms with E-state index in [1.165, 1.54) is 24.5 Å². The lowest BCUT2D eigenvalue weighted by Crippen LogP contribution is -1.99. The standard InChI is InChI=1S/C15H10ClF2N3O/c1-19-15-7-5-8(16)11(13(18)14(7)20-6-21-15)12-9(17)3-2-4-10(12)22/h2-6,22H,1H3,(H,19,20,21). The van der Waals surface area contributed by atoms with Gasteiger partial charge in [-0.25, -0.2) is 18.7 Å². The molecule has 2 N–H and O–H groups in total. The first kappa shape index (κ1) is 14.5. The summed E-state index contributed by atoms with van der Waals surface area (Å²) in [6.45, 7) is 0. The summed E-state index contributed by atoms with van der Waals surface area (Å²) in [5.74, 6) is -1.59. The third-order valence-electron chi connectivity index (χ3n) is 3.30. The second kappa shape index (κ2) is 5.38. The smallest absolute Gasteiger partial charge is 0.159 e. The highest BCUT2D eigenvalue weighted by atomic mass is 35.5. The van der Waals surface area contributed by atoms with E-state index in [1.54, 1.807) is 7.05 Å². The van der Waals surface area contributed by atoms with Crippen LogP contribution in [0.25, 0.3) is 22.0 Å². The number of anilines is 1. The van der Waals surface area contributed by atoms with E-state index in [0.717, 1.165) is 6.07 Å². The molecule has 0 spiro atoms. The van der Waals surface area contributed by atoms with E-state index in [0.29, 0.717) is 11.2 Å². The SMILES string of the molecule is CNc1ncnc2c(F)c(-c3c(O)cccc3F)c(Cl)cc12. The zero-order valence-electron chi connectivity index (χ0n) is 11.4. The second-order valence-corrected chi connectivity index (χ2v) is 4.96. The highest BCUT2D eigenvalue weighted by Gasteiger charge is 2.22. The molecule has 0 saturated heterocycles. The van der Waals surface area contributed by atoms with Crippen LogP contribution in [0.1, 0.15) is 0 Å². The number of hydrogen-bond acceptors (Lipinski definition) is 4. The lowest BCUT2D eigenvalue weighted by atomic mass is 10.0. The van der Waals surface area contributed by atoms with Crippen molar-refractivity contribution >= 4 is 28.3 Å². The van der Waals surface area contributed by atoms with Crippen molar-refractivity contribution in [2.45, 2.75) is 0 Å². The van der Waals surface area contributed by atoms with E-state index in [1.807, 2.05) is 0 Å². The van der Waals surface area contributed by atoms with Gasteiger partial charge < -0.3 is 10.4 Å². The van der Waals surface area contributed by atoms with Crippen molar-refractivity contribution < 1.29 is 13.9 Å². The Kier molecular flexibility index (Phi) is 3.54. The molecule has 0 radical (unpaired) electrons. The molecule has 0 unspecified atom stereocenters. The number of fused-ring (bicyclic) bond motifs is 1. The van der Waals surface area contributed by atoms with E-state index < -0.39 is 17.4 Å². The van der Waals surface area contributed by atoms with Gasteiger partial charge in [0.05, 0.1) is 10.6 Å². The molecule has 0 saturated carbocycles. The van der Waals surface area contributed by atoms with Crippen molar-refractivity contribution in [1.82, 2.24) is 9.97 Å². The zero-order chi connectivity index (χ0) is 15.9. The molecule has 0 fully saturated rings. The Bertz CT molecular complexity index is 866. The lowest BCUT2D eigenvalue weighted by Gasteiger charge is -2.12. The Labute approximate surface area is 129 Å². The Morgan fingerprint density at radius 2 is 1.95 bits per heavy atom. The van der Waals surface area contributed by atoms with Gasteiger partial charge in [-0.1, -0.05) is 17.7 Å². The fourth-order valence-corrected chi connectivity index (χ4v) is 2.60. The maximum atomic E-state index is 14.8. The Balaban J connectivity index is 2.42. The van der Waals surface area contributed by atoms with Gasteiger partial charge in [-0.15, -0.1) is 0 Å². The average molecular weight is 322 g/mol. The van der Waals surface area contributed by atoms with Crippen LogP contribution < -0.4 is 5.32 Å². The van der Waals surface area contributed by atoms with E-state index in [-0.39, 0.29) is 21.7 Å². The van der Waals surface area contributed by atoms with Crippen LogP contribution in [0.5, 0.6) is 5.75 Å². The molecule has 0 aliphatic heterocycles. The minimum absolute atomic E-state index is 0.0126. The molecule has 22 heavy (non-hydrogen) atoms. The average Bonchev–Trinajstić information content (AvgIpc) is 2.49. The number of hydrogen-bond donors (Lipinski definition) is 2. The van der Waals surface area contributed by atoms with Crippen LogP contribution in [0, 0.1) is 11.6 Å². The topological polar surface area (TPSA) is 58.0 Å². The monoisotopic (exact) mass is 321 g/mol. The van der Waals surface area contributed by atoms with Crippen molar-refractivity contribution in [2.24, 2.45) is 0 Å². The summed E-state index contributed by atoms with van der Waals surface area (Å²) in [7, 11) is 1.63. The van der Waals surface area contributed by atoms with E-state index >= 15 is 0 Å². The van der Waals surface area contributed by atoms with Crippen LogP contribution in [-0.4, -0.2) is 22.1 Å². The molecule has 7 heteroatoms. The number of rotatable bonds is 2. The molecule has 0 atom stereocenters. The molecular formula is C15H10ClF2N3O. The van der Waals surface area contributed by atoms with Crippen molar-refractivity contribution in [1.29, 1.82) is 0 Å². The van der Waals surface area contributed by atoms with Crippen molar-refractivity contribution in [3.8, 4) is 16.9 Å². The number of nitrogens with zero attached hydrogens (tertiary/aromatic N) is 2. The number of nitrogens with one attached hydrogen (secondary N) is 1. The van der Waals surface area contributed by atoms with E-state index in [2.05, 4.69) is 15.3 Å². The minimum atomic E-state index is -0.818. The van der Waals surface area contributed by atoms with Crippen LogP contribution in [0.15, 0.2) is 30.6 Å². The summed E-state index contributed by atoms with van der Waals surface area (Å²) in [6.07, 6.45) is 1.19. The first-order chi connectivity index (χ1) is 10.5. The molecule has 3 aromatic rings. The summed E-state index contributed by atoms with van der Waals surface area (Å²) in [5, 5.41) is 13.0. The number of phenolic OH excluding ortho intramolecular Hbond substituents is 1. The quantitative estimate of drug-likeness (QED) is 0.749. The first-order valence-corrected chi connectivity index (χ1v) is 6.70. The fourth-order valence-electron chi connectivity index (χ4n) is 2.32. The normalized spacial score (nSPS) is 10.9. The largest absolute Gasteiger partial charge is 0.507 e. The Hall–Kier alpha value is -2.47. The molecule has 3 rings (SSSR count). The number of halogens is 3. The lowest BCUT2D eigenvalue weighted by molar-refractivity contribution is 0.471. The summed E-state index contributed by atoms with van der Waals surface area (Å²) in [5.41, 5.74) is -0.538. The maximum absolute atomic E-state index is 14.8. The molecule has 1 aromatic heterocycles. The maximum Gasteiger partial charge on any atom is 0.159 e. The van der Waals surface area contributed by atoms with Gasteiger partial charge in [-0.2, -0.15) is 0 Å². The fraction of sp³-hybridized carbons (Fsp3) is 0.0667. The van der Waals surface area contributed by atoms with Gasteiger partial charge in [0.25, 0.3) is 0 Å². The number of benzene rings is 2. The number of aromatic nitrogens is 2. The van der Waals surface area contributed by atoms with E-state index in [9.17, 15) is 13.9 Å². The molecule has 1 heterocycles. The number of aromatic hydroxyl groups is 1. The summed E-state index contributed by atoms with van der Waals surface area (Å²) in [6, 6.07) is 5.14. The van der Waals surface area contributed by atoms with Gasteiger partial charge >= 0.3 is 0 Å². The van der Waals surface area contributed by atoms with Gasteiger partial charge in [-0.05, 0) is 18.2 Å². The predicted octanol–water partition coefficient (Wildman–Crippen LogP) is 3.98. The molecule has 0 aliphatic carbocycles. The molecule has 4 nitrogen and oxygen atoms in total. The van der Waals surface area contributed by atoms with Crippen LogP contribution in [0.2, 0.25) is 5.02 Å². The van der Waals surface area contributed by atoms with E-state index in [4.69, 9.17) is 11.6 Å². The van der Waals surface area contributed by atoms with Gasteiger partial charge in [0.1, 0.15) is 29.2 Å².